The largest absolute Gasteiger partial charge is 0.449 e. The lowest BCUT2D eigenvalue weighted by atomic mass is 10.1. The Bertz CT molecular complexity index is 657. The van der Waals surface area contributed by atoms with E-state index < -0.39 is 11.0 Å². The van der Waals surface area contributed by atoms with E-state index in [0.717, 1.165) is 5.39 Å². The number of amides is 1. The lowest BCUT2D eigenvalue weighted by Crippen LogP contribution is -2.29. The van der Waals surface area contributed by atoms with Crippen molar-refractivity contribution in [2.45, 2.75) is 6.92 Å². The average molecular weight is 275 g/mol. The van der Waals surface area contributed by atoms with Gasteiger partial charge in [-0.2, -0.15) is 0 Å². The molecule has 1 amide bonds. The molecule has 0 radical (unpaired) electrons. The van der Waals surface area contributed by atoms with Crippen LogP contribution < -0.4 is 10.9 Å². The summed E-state index contributed by atoms with van der Waals surface area (Å²) >= 11 is 0. The van der Waals surface area contributed by atoms with Crippen LogP contribution in [0.15, 0.2) is 36.4 Å². The molecule has 2 aromatic carbocycles. The van der Waals surface area contributed by atoms with Gasteiger partial charge in [-0.05, 0) is 24.4 Å². The Labute approximate surface area is 114 Å². The Morgan fingerprint density at radius 3 is 2.85 bits per heavy atom. The SMILES string of the molecule is CCOC(=O)NNc1ccc2cccc([N+](=O)[O-])c2c1. The molecule has 2 rings (SSSR count). The normalized spacial score (nSPS) is 10.1. The molecule has 0 fully saturated rings. The van der Waals surface area contributed by atoms with E-state index in [2.05, 4.69) is 10.9 Å². The fourth-order valence-corrected chi connectivity index (χ4v) is 1.78. The van der Waals surface area contributed by atoms with E-state index in [-0.39, 0.29) is 12.3 Å². The molecule has 0 unspecified atom stereocenters. The van der Waals surface area contributed by atoms with Gasteiger partial charge in [0.25, 0.3) is 5.69 Å². The van der Waals surface area contributed by atoms with Gasteiger partial charge in [0.1, 0.15) is 0 Å². The van der Waals surface area contributed by atoms with Crippen molar-refractivity contribution in [1.29, 1.82) is 0 Å². The predicted molar refractivity (Wildman–Crippen MR) is 74.4 cm³/mol. The Morgan fingerprint density at radius 2 is 2.15 bits per heavy atom. The highest BCUT2D eigenvalue weighted by molar-refractivity contribution is 5.93. The van der Waals surface area contributed by atoms with Crippen molar-refractivity contribution >= 4 is 28.2 Å². The molecule has 0 aromatic heterocycles. The van der Waals surface area contributed by atoms with E-state index in [1.54, 1.807) is 37.3 Å². The molecule has 0 saturated heterocycles. The molecule has 0 spiro atoms. The molecule has 0 heterocycles. The molecule has 0 bridgehead atoms. The van der Waals surface area contributed by atoms with Gasteiger partial charge in [0.15, 0.2) is 0 Å². The topological polar surface area (TPSA) is 93.5 Å². The summed E-state index contributed by atoms with van der Waals surface area (Å²) < 4.78 is 4.69. The molecule has 0 atom stereocenters. The molecule has 2 aromatic rings. The second-order valence-electron chi connectivity index (χ2n) is 3.94. The zero-order chi connectivity index (χ0) is 14.5. The molecule has 0 aliphatic rings. The van der Waals surface area contributed by atoms with Crippen molar-refractivity contribution in [3.63, 3.8) is 0 Å². The van der Waals surface area contributed by atoms with Crippen LogP contribution in [0.25, 0.3) is 10.8 Å². The van der Waals surface area contributed by atoms with Crippen LogP contribution in [0.5, 0.6) is 0 Å². The third-order valence-electron chi connectivity index (χ3n) is 2.64. The third kappa shape index (κ3) is 2.94. The number of ether oxygens (including phenoxy) is 1. The molecular weight excluding hydrogens is 262 g/mol. The Morgan fingerprint density at radius 1 is 1.35 bits per heavy atom. The smallest absolute Gasteiger partial charge is 0.425 e. The zero-order valence-corrected chi connectivity index (χ0v) is 10.8. The first-order valence-electron chi connectivity index (χ1n) is 5.97. The molecule has 20 heavy (non-hydrogen) atoms. The molecule has 7 heteroatoms. The maximum absolute atomic E-state index is 11.2. The van der Waals surface area contributed by atoms with E-state index >= 15 is 0 Å². The van der Waals surface area contributed by atoms with Crippen molar-refractivity contribution < 1.29 is 14.5 Å². The number of hydrogen-bond acceptors (Lipinski definition) is 5. The highest BCUT2D eigenvalue weighted by atomic mass is 16.6. The summed E-state index contributed by atoms with van der Waals surface area (Å²) in [5.41, 5.74) is 5.52. The molecular formula is C13H13N3O4. The number of non-ortho nitro benzene ring substituents is 1. The molecule has 7 nitrogen and oxygen atoms in total. The molecule has 0 saturated carbocycles. The number of nitro groups is 1. The van der Waals surface area contributed by atoms with Gasteiger partial charge in [-0.25, -0.2) is 10.2 Å². The average Bonchev–Trinajstić information content (AvgIpc) is 2.44. The van der Waals surface area contributed by atoms with E-state index in [1.807, 2.05) is 0 Å². The van der Waals surface area contributed by atoms with E-state index in [4.69, 9.17) is 4.74 Å². The lowest BCUT2D eigenvalue weighted by Gasteiger charge is -2.09. The third-order valence-corrected chi connectivity index (χ3v) is 2.64. The summed E-state index contributed by atoms with van der Waals surface area (Å²) in [7, 11) is 0. The number of benzene rings is 2. The van der Waals surface area contributed by atoms with Gasteiger partial charge in [0.05, 0.1) is 22.6 Å². The second kappa shape index (κ2) is 5.87. The van der Waals surface area contributed by atoms with Gasteiger partial charge >= 0.3 is 6.09 Å². The highest BCUT2D eigenvalue weighted by Crippen LogP contribution is 2.27. The Kier molecular flexibility index (Phi) is 3.99. The number of hydrogen-bond donors (Lipinski definition) is 2. The fourth-order valence-electron chi connectivity index (χ4n) is 1.78. The minimum Gasteiger partial charge on any atom is -0.449 e. The zero-order valence-electron chi connectivity index (χ0n) is 10.8. The van der Waals surface area contributed by atoms with Crippen molar-refractivity contribution in [2.75, 3.05) is 12.0 Å². The van der Waals surface area contributed by atoms with Crippen molar-refractivity contribution in [1.82, 2.24) is 5.43 Å². The molecule has 0 aliphatic heterocycles. The summed E-state index contributed by atoms with van der Waals surface area (Å²) in [4.78, 5) is 21.7. The first-order chi connectivity index (χ1) is 9.61. The quantitative estimate of drug-likeness (QED) is 0.661. The Balaban J connectivity index is 2.26. The number of carbonyl (C=O) groups is 1. The monoisotopic (exact) mass is 275 g/mol. The number of hydrazine groups is 1. The molecule has 0 aliphatic carbocycles. The second-order valence-corrected chi connectivity index (χ2v) is 3.94. The summed E-state index contributed by atoms with van der Waals surface area (Å²) in [6, 6.07) is 9.88. The summed E-state index contributed by atoms with van der Waals surface area (Å²) in [5, 5.41) is 12.2. The van der Waals surface area contributed by atoms with Crippen LogP contribution >= 0.6 is 0 Å². The number of nitrogens with one attached hydrogen (secondary N) is 2. The van der Waals surface area contributed by atoms with Crippen LogP contribution in [0.3, 0.4) is 0 Å². The predicted octanol–water partition coefficient (Wildman–Crippen LogP) is 2.82. The van der Waals surface area contributed by atoms with Gasteiger partial charge in [-0.3, -0.25) is 15.5 Å². The van der Waals surface area contributed by atoms with Crippen molar-refractivity contribution in [3.05, 3.63) is 46.5 Å². The molecule has 2 N–H and O–H groups in total. The number of rotatable bonds is 4. The molecule has 104 valence electrons. The van der Waals surface area contributed by atoms with Crippen LogP contribution in [0.1, 0.15) is 6.92 Å². The van der Waals surface area contributed by atoms with E-state index in [1.165, 1.54) is 6.07 Å². The van der Waals surface area contributed by atoms with Crippen molar-refractivity contribution in [3.8, 4) is 0 Å². The van der Waals surface area contributed by atoms with Gasteiger partial charge < -0.3 is 4.74 Å². The number of anilines is 1. The van der Waals surface area contributed by atoms with E-state index in [0.29, 0.717) is 11.1 Å². The minimum absolute atomic E-state index is 0.0160. The van der Waals surface area contributed by atoms with Crippen molar-refractivity contribution in [2.24, 2.45) is 0 Å². The van der Waals surface area contributed by atoms with Gasteiger partial charge in [-0.1, -0.05) is 18.2 Å². The number of nitrogens with zero attached hydrogens (tertiary/aromatic N) is 1. The number of nitro benzene ring substituents is 1. The summed E-state index contributed by atoms with van der Waals surface area (Å²) in [5.74, 6) is 0. The van der Waals surface area contributed by atoms with Gasteiger partial charge in [0, 0.05) is 6.07 Å². The number of carbonyl (C=O) groups excluding carboxylic acids is 1. The summed E-state index contributed by atoms with van der Waals surface area (Å²) in [6.07, 6.45) is -0.616. The summed E-state index contributed by atoms with van der Waals surface area (Å²) in [6.45, 7) is 1.95. The Hall–Kier alpha value is -2.83. The van der Waals surface area contributed by atoms with Crippen LogP contribution in [0, 0.1) is 10.1 Å². The number of fused-ring (bicyclic) bond motifs is 1. The lowest BCUT2D eigenvalue weighted by molar-refractivity contribution is -0.383. The highest BCUT2D eigenvalue weighted by Gasteiger charge is 2.11. The maximum atomic E-state index is 11.2. The minimum atomic E-state index is -0.616. The first-order valence-corrected chi connectivity index (χ1v) is 5.97. The first kappa shape index (κ1) is 13.6. The van der Waals surface area contributed by atoms with Crippen LogP contribution in [-0.4, -0.2) is 17.6 Å². The van der Waals surface area contributed by atoms with Gasteiger partial charge in [0.2, 0.25) is 0 Å². The standard InChI is InChI=1S/C13H13N3O4/c1-2-20-13(17)15-14-10-7-6-9-4-3-5-12(16(18)19)11(9)8-10/h3-8,14H,2H2,1H3,(H,15,17). The maximum Gasteiger partial charge on any atom is 0.425 e. The van der Waals surface area contributed by atoms with E-state index in [9.17, 15) is 14.9 Å². The van der Waals surface area contributed by atoms with Gasteiger partial charge in [-0.15, -0.1) is 0 Å². The van der Waals surface area contributed by atoms with Crippen LogP contribution in [-0.2, 0) is 4.74 Å². The van der Waals surface area contributed by atoms with Crippen LogP contribution in [0.4, 0.5) is 16.2 Å². The fraction of sp³-hybridized carbons (Fsp3) is 0.154. The van der Waals surface area contributed by atoms with Crippen LogP contribution in [0.2, 0.25) is 0 Å².